The van der Waals surface area contributed by atoms with Crippen LogP contribution in [0.15, 0.2) is 54.6 Å². The fourth-order valence-corrected chi connectivity index (χ4v) is 1.92. The Morgan fingerprint density at radius 3 is 2.35 bits per heavy atom. The van der Waals surface area contributed by atoms with E-state index >= 15 is 0 Å². The molecule has 0 saturated heterocycles. The highest BCUT2D eigenvalue weighted by atomic mass is 16.5. The zero-order valence-electron chi connectivity index (χ0n) is 11.4. The molecule has 2 aromatic rings. The number of nitrogens with one attached hydrogen (secondary N) is 1. The van der Waals surface area contributed by atoms with E-state index in [1.807, 2.05) is 54.6 Å². The second kappa shape index (κ2) is 6.73. The van der Waals surface area contributed by atoms with Gasteiger partial charge in [0.15, 0.2) is 0 Å². The fourth-order valence-electron chi connectivity index (χ4n) is 1.92. The Bertz CT molecular complexity index is 552. The SMILES string of the molecule is CCc1ccc(OC(C(=O)NN)c2ccccc2)cc1. The van der Waals surface area contributed by atoms with Crippen molar-refractivity contribution in [1.82, 2.24) is 5.43 Å². The topological polar surface area (TPSA) is 64.3 Å². The summed E-state index contributed by atoms with van der Waals surface area (Å²) in [6.07, 6.45) is 0.208. The molecule has 1 amide bonds. The Morgan fingerprint density at radius 1 is 1.15 bits per heavy atom. The summed E-state index contributed by atoms with van der Waals surface area (Å²) in [4.78, 5) is 11.9. The van der Waals surface area contributed by atoms with E-state index in [-0.39, 0.29) is 5.91 Å². The van der Waals surface area contributed by atoms with Gasteiger partial charge in [0.1, 0.15) is 5.75 Å². The minimum absolute atomic E-state index is 0.379. The summed E-state index contributed by atoms with van der Waals surface area (Å²) < 4.78 is 5.76. The number of carbonyl (C=O) groups is 1. The average Bonchev–Trinajstić information content (AvgIpc) is 2.53. The van der Waals surface area contributed by atoms with Gasteiger partial charge in [-0.15, -0.1) is 0 Å². The predicted molar refractivity (Wildman–Crippen MR) is 78.0 cm³/mol. The molecule has 0 bridgehead atoms. The molecule has 0 heterocycles. The van der Waals surface area contributed by atoms with Crippen LogP contribution in [0.1, 0.15) is 24.2 Å². The molecule has 0 saturated carbocycles. The van der Waals surface area contributed by atoms with Crippen molar-refractivity contribution in [2.75, 3.05) is 0 Å². The minimum Gasteiger partial charge on any atom is -0.476 e. The third kappa shape index (κ3) is 3.36. The summed E-state index contributed by atoms with van der Waals surface area (Å²) in [5.74, 6) is 5.49. The predicted octanol–water partition coefficient (Wildman–Crippen LogP) is 2.36. The number of benzene rings is 2. The lowest BCUT2D eigenvalue weighted by Crippen LogP contribution is -2.37. The molecule has 2 aromatic carbocycles. The highest BCUT2D eigenvalue weighted by molar-refractivity contribution is 5.82. The lowest BCUT2D eigenvalue weighted by Gasteiger charge is -2.18. The smallest absolute Gasteiger partial charge is 0.279 e. The Morgan fingerprint density at radius 2 is 1.80 bits per heavy atom. The number of nitrogens with two attached hydrogens (primary N) is 1. The number of hydrogen-bond donors (Lipinski definition) is 2. The van der Waals surface area contributed by atoms with Gasteiger partial charge >= 0.3 is 0 Å². The average molecular weight is 270 g/mol. The van der Waals surface area contributed by atoms with Gasteiger partial charge in [-0.2, -0.15) is 0 Å². The van der Waals surface area contributed by atoms with Crippen molar-refractivity contribution in [3.63, 3.8) is 0 Å². The number of amides is 1. The van der Waals surface area contributed by atoms with Gasteiger partial charge < -0.3 is 4.74 Å². The molecule has 0 aliphatic rings. The Hall–Kier alpha value is -2.33. The molecule has 20 heavy (non-hydrogen) atoms. The Kier molecular flexibility index (Phi) is 4.74. The van der Waals surface area contributed by atoms with Gasteiger partial charge in [-0.1, -0.05) is 49.4 Å². The Balaban J connectivity index is 2.21. The molecule has 3 N–H and O–H groups in total. The molecule has 0 aromatic heterocycles. The van der Waals surface area contributed by atoms with E-state index in [1.54, 1.807) is 0 Å². The summed E-state index contributed by atoms with van der Waals surface area (Å²) in [5, 5.41) is 0. The van der Waals surface area contributed by atoms with Crippen LogP contribution in [0, 0.1) is 0 Å². The molecule has 4 heteroatoms. The van der Waals surface area contributed by atoms with Crippen LogP contribution in [0.4, 0.5) is 0 Å². The lowest BCUT2D eigenvalue weighted by molar-refractivity contribution is -0.128. The van der Waals surface area contributed by atoms with Crippen molar-refractivity contribution in [2.24, 2.45) is 5.84 Å². The van der Waals surface area contributed by atoms with E-state index in [0.29, 0.717) is 5.75 Å². The van der Waals surface area contributed by atoms with Crippen molar-refractivity contribution in [3.8, 4) is 5.75 Å². The highest BCUT2D eigenvalue weighted by Crippen LogP contribution is 2.22. The molecule has 2 rings (SSSR count). The second-order valence-electron chi connectivity index (χ2n) is 4.41. The molecular weight excluding hydrogens is 252 g/mol. The lowest BCUT2D eigenvalue weighted by atomic mass is 10.1. The van der Waals surface area contributed by atoms with Gasteiger partial charge in [0.05, 0.1) is 0 Å². The molecule has 0 spiro atoms. The number of hydrogen-bond acceptors (Lipinski definition) is 3. The van der Waals surface area contributed by atoms with E-state index in [0.717, 1.165) is 12.0 Å². The maximum Gasteiger partial charge on any atom is 0.279 e. The second-order valence-corrected chi connectivity index (χ2v) is 4.41. The van der Waals surface area contributed by atoms with Crippen molar-refractivity contribution in [2.45, 2.75) is 19.4 Å². The van der Waals surface area contributed by atoms with E-state index < -0.39 is 6.10 Å². The third-order valence-electron chi connectivity index (χ3n) is 3.07. The van der Waals surface area contributed by atoms with Crippen LogP contribution >= 0.6 is 0 Å². The highest BCUT2D eigenvalue weighted by Gasteiger charge is 2.21. The van der Waals surface area contributed by atoms with Crippen LogP contribution in [-0.2, 0) is 11.2 Å². The van der Waals surface area contributed by atoms with Crippen LogP contribution in [0.5, 0.6) is 5.75 Å². The molecule has 0 aliphatic heterocycles. The quantitative estimate of drug-likeness (QED) is 0.498. The monoisotopic (exact) mass is 270 g/mol. The molecular formula is C16H18N2O2. The molecule has 1 unspecified atom stereocenters. The molecule has 104 valence electrons. The van der Waals surface area contributed by atoms with E-state index in [4.69, 9.17) is 10.6 Å². The van der Waals surface area contributed by atoms with Crippen molar-refractivity contribution >= 4 is 5.91 Å². The number of hydrazine groups is 1. The fraction of sp³-hybridized carbons (Fsp3) is 0.188. The molecule has 1 atom stereocenters. The van der Waals surface area contributed by atoms with Gasteiger partial charge in [-0.25, -0.2) is 5.84 Å². The first-order valence-corrected chi connectivity index (χ1v) is 6.55. The summed E-state index contributed by atoms with van der Waals surface area (Å²) in [7, 11) is 0. The zero-order chi connectivity index (χ0) is 14.4. The van der Waals surface area contributed by atoms with Gasteiger partial charge in [0.25, 0.3) is 5.91 Å². The standard InChI is InChI=1S/C16H18N2O2/c1-2-12-8-10-14(11-9-12)20-15(16(19)18-17)13-6-4-3-5-7-13/h3-11,15H,2,17H2,1H3,(H,18,19). The number of rotatable bonds is 5. The van der Waals surface area contributed by atoms with Gasteiger partial charge in [0, 0.05) is 5.56 Å². The summed E-state index contributed by atoms with van der Waals surface area (Å²) in [6, 6.07) is 17.0. The summed E-state index contributed by atoms with van der Waals surface area (Å²) in [6.45, 7) is 2.09. The van der Waals surface area contributed by atoms with Crippen molar-refractivity contribution in [3.05, 3.63) is 65.7 Å². The number of aryl methyl sites for hydroxylation is 1. The van der Waals surface area contributed by atoms with Crippen LogP contribution in [0.3, 0.4) is 0 Å². The van der Waals surface area contributed by atoms with E-state index in [2.05, 4.69) is 12.3 Å². The first kappa shape index (κ1) is 14.1. The van der Waals surface area contributed by atoms with Crippen LogP contribution in [-0.4, -0.2) is 5.91 Å². The first-order chi connectivity index (χ1) is 9.74. The van der Waals surface area contributed by atoms with Crippen LogP contribution < -0.4 is 16.0 Å². The van der Waals surface area contributed by atoms with E-state index in [1.165, 1.54) is 5.56 Å². The molecule has 0 aliphatic carbocycles. The molecule has 4 nitrogen and oxygen atoms in total. The molecule has 0 radical (unpaired) electrons. The zero-order valence-corrected chi connectivity index (χ0v) is 11.4. The molecule has 0 fully saturated rings. The number of carbonyl (C=O) groups excluding carboxylic acids is 1. The number of ether oxygens (including phenoxy) is 1. The van der Waals surface area contributed by atoms with Gasteiger partial charge in [-0.3, -0.25) is 10.2 Å². The maximum absolute atomic E-state index is 11.9. The van der Waals surface area contributed by atoms with Gasteiger partial charge in [0.2, 0.25) is 6.10 Å². The van der Waals surface area contributed by atoms with Crippen LogP contribution in [0.2, 0.25) is 0 Å². The van der Waals surface area contributed by atoms with Crippen molar-refractivity contribution < 1.29 is 9.53 Å². The largest absolute Gasteiger partial charge is 0.476 e. The Labute approximate surface area is 118 Å². The van der Waals surface area contributed by atoms with Crippen LogP contribution in [0.25, 0.3) is 0 Å². The minimum atomic E-state index is -0.756. The maximum atomic E-state index is 11.9. The normalized spacial score (nSPS) is 11.7. The van der Waals surface area contributed by atoms with Gasteiger partial charge in [-0.05, 0) is 24.1 Å². The van der Waals surface area contributed by atoms with E-state index in [9.17, 15) is 4.79 Å². The third-order valence-corrected chi connectivity index (χ3v) is 3.07. The first-order valence-electron chi connectivity index (χ1n) is 6.55. The summed E-state index contributed by atoms with van der Waals surface area (Å²) >= 11 is 0. The van der Waals surface area contributed by atoms with Crippen molar-refractivity contribution in [1.29, 1.82) is 0 Å². The summed E-state index contributed by atoms with van der Waals surface area (Å²) in [5.41, 5.74) is 4.12.